The van der Waals surface area contributed by atoms with E-state index in [1.54, 1.807) is 29.4 Å². The molecule has 2 heterocycles. The molecule has 2 aromatic rings. The molecule has 0 atom stereocenters. The van der Waals surface area contributed by atoms with Crippen molar-refractivity contribution < 1.29 is 9.90 Å². The SMILES string of the molecule is O=C1c2cc(Cl)c(O)cc2CCN1c1cnccc1C1CC1. The van der Waals surface area contributed by atoms with Crippen LogP contribution in [0.5, 0.6) is 5.75 Å². The van der Waals surface area contributed by atoms with E-state index in [-0.39, 0.29) is 16.7 Å². The molecule has 0 saturated heterocycles. The maximum absolute atomic E-state index is 12.8. The number of aromatic nitrogens is 1. The van der Waals surface area contributed by atoms with Crippen molar-refractivity contribution in [2.45, 2.75) is 25.2 Å². The number of amides is 1. The Bertz CT molecular complexity index is 771. The average Bonchev–Trinajstić information content (AvgIpc) is 3.35. The van der Waals surface area contributed by atoms with Crippen molar-refractivity contribution in [1.82, 2.24) is 4.98 Å². The summed E-state index contributed by atoms with van der Waals surface area (Å²) in [6, 6.07) is 5.17. The van der Waals surface area contributed by atoms with Gasteiger partial charge in [-0.1, -0.05) is 11.6 Å². The second-order valence-corrected chi connectivity index (χ2v) is 6.28. The first-order valence-corrected chi connectivity index (χ1v) is 7.80. The van der Waals surface area contributed by atoms with E-state index in [2.05, 4.69) is 4.98 Å². The number of halogens is 1. The van der Waals surface area contributed by atoms with Gasteiger partial charge in [0.2, 0.25) is 0 Å². The van der Waals surface area contributed by atoms with E-state index in [9.17, 15) is 9.90 Å². The van der Waals surface area contributed by atoms with Crippen LogP contribution < -0.4 is 4.90 Å². The van der Waals surface area contributed by atoms with Crippen LogP contribution in [0.3, 0.4) is 0 Å². The van der Waals surface area contributed by atoms with Gasteiger partial charge in [-0.3, -0.25) is 9.78 Å². The largest absolute Gasteiger partial charge is 0.506 e. The molecule has 4 nitrogen and oxygen atoms in total. The molecule has 5 heteroatoms. The Hall–Kier alpha value is -2.07. The normalized spacial score (nSPS) is 17.5. The molecule has 4 rings (SSSR count). The molecule has 2 aliphatic rings. The van der Waals surface area contributed by atoms with Gasteiger partial charge in [-0.2, -0.15) is 0 Å². The molecule has 0 spiro atoms. The molecule has 1 aliphatic carbocycles. The van der Waals surface area contributed by atoms with Crippen LogP contribution in [0.15, 0.2) is 30.6 Å². The molecule has 0 unspecified atom stereocenters. The summed E-state index contributed by atoms with van der Waals surface area (Å²) in [4.78, 5) is 18.8. The average molecular weight is 315 g/mol. The molecule has 1 fully saturated rings. The number of hydrogen-bond acceptors (Lipinski definition) is 3. The molecule has 1 aromatic heterocycles. The fourth-order valence-corrected chi connectivity index (χ4v) is 3.25. The van der Waals surface area contributed by atoms with Crippen LogP contribution in [-0.4, -0.2) is 22.5 Å². The van der Waals surface area contributed by atoms with Crippen LogP contribution >= 0.6 is 11.6 Å². The minimum atomic E-state index is -0.0712. The highest BCUT2D eigenvalue weighted by Gasteiger charge is 2.32. The molecule has 1 aromatic carbocycles. The Morgan fingerprint density at radius 3 is 2.91 bits per heavy atom. The maximum atomic E-state index is 12.8. The summed E-state index contributed by atoms with van der Waals surface area (Å²) in [6.45, 7) is 0.596. The topological polar surface area (TPSA) is 53.4 Å². The van der Waals surface area contributed by atoms with Crippen molar-refractivity contribution >= 4 is 23.2 Å². The molecule has 112 valence electrons. The monoisotopic (exact) mass is 314 g/mol. The third-order valence-electron chi connectivity index (χ3n) is 4.39. The van der Waals surface area contributed by atoms with E-state index < -0.39 is 0 Å². The Balaban J connectivity index is 1.76. The van der Waals surface area contributed by atoms with Crippen molar-refractivity contribution in [2.24, 2.45) is 0 Å². The molecule has 1 amide bonds. The minimum Gasteiger partial charge on any atom is -0.506 e. The van der Waals surface area contributed by atoms with Gasteiger partial charge in [-0.05, 0) is 54.5 Å². The summed E-state index contributed by atoms with van der Waals surface area (Å²) in [6.07, 6.45) is 6.61. The van der Waals surface area contributed by atoms with Gasteiger partial charge >= 0.3 is 0 Å². The van der Waals surface area contributed by atoms with Gasteiger partial charge < -0.3 is 10.0 Å². The lowest BCUT2D eigenvalue weighted by Gasteiger charge is -2.30. The van der Waals surface area contributed by atoms with Crippen molar-refractivity contribution in [1.29, 1.82) is 0 Å². The van der Waals surface area contributed by atoms with Crippen LogP contribution in [0.4, 0.5) is 5.69 Å². The molecular formula is C17H15ClN2O2. The van der Waals surface area contributed by atoms with Crippen LogP contribution in [0.1, 0.15) is 40.2 Å². The van der Waals surface area contributed by atoms with Gasteiger partial charge in [-0.15, -0.1) is 0 Å². The molecule has 1 N–H and O–H groups in total. The smallest absolute Gasteiger partial charge is 0.258 e. The highest BCUT2D eigenvalue weighted by Crippen LogP contribution is 2.44. The molecular weight excluding hydrogens is 300 g/mol. The number of carbonyl (C=O) groups excluding carboxylic acids is 1. The number of benzene rings is 1. The lowest BCUT2D eigenvalue weighted by molar-refractivity contribution is 0.0980. The standard InChI is InChI=1S/C17H15ClN2O2/c18-14-8-13-11(7-16(14)21)4-6-20(17(13)22)15-9-19-5-3-12(15)10-1-2-10/h3,5,7-10,21H,1-2,4,6H2. The van der Waals surface area contributed by atoms with Crippen LogP contribution in [0.2, 0.25) is 5.02 Å². The number of phenols is 1. The van der Waals surface area contributed by atoms with E-state index in [4.69, 9.17) is 11.6 Å². The second kappa shape index (κ2) is 4.99. The number of carbonyl (C=O) groups is 1. The van der Waals surface area contributed by atoms with Crippen molar-refractivity contribution in [3.63, 3.8) is 0 Å². The number of nitrogens with zero attached hydrogens (tertiary/aromatic N) is 2. The summed E-state index contributed by atoms with van der Waals surface area (Å²) in [5.74, 6) is 0.510. The lowest BCUT2D eigenvalue weighted by Crippen LogP contribution is -2.38. The van der Waals surface area contributed by atoms with E-state index in [0.717, 1.165) is 11.3 Å². The van der Waals surface area contributed by atoms with E-state index in [1.165, 1.54) is 18.4 Å². The lowest BCUT2D eigenvalue weighted by atomic mass is 9.97. The maximum Gasteiger partial charge on any atom is 0.258 e. The van der Waals surface area contributed by atoms with Crippen molar-refractivity contribution in [2.75, 3.05) is 11.4 Å². The third-order valence-corrected chi connectivity index (χ3v) is 4.70. The Morgan fingerprint density at radius 2 is 2.14 bits per heavy atom. The first-order chi connectivity index (χ1) is 10.6. The number of phenolic OH excluding ortho intramolecular Hbond substituents is 1. The van der Waals surface area contributed by atoms with E-state index >= 15 is 0 Å². The Labute approximate surface area is 133 Å². The summed E-state index contributed by atoms with van der Waals surface area (Å²) in [5.41, 5.74) is 3.53. The van der Waals surface area contributed by atoms with E-state index in [0.29, 0.717) is 24.4 Å². The van der Waals surface area contributed by atoms with Crippen LogP contribution in [0.25, 0.3) is 0 Å². The van der Waals surface area contributed by atoms with Gasteiger partial charge in [-0.25, -0.2) is 0 Å². The summed E-state index contributed by atoms with van der Waals surface area (Å²) in [5, 5.41) is 9.91. The second-order valence-electron chi connectivity index (χ2n) is 5.88. The molecule has 1 saturated carbocycles. The predicted molar refractivity (Wildman–Crippen MR) is 84.7 cm³/mol. The first-order valence-electron chi connectivity index (χ1n) is 7.42. The Morgan fingerprint density at radius 1 is 1.32 bits per heavy atom. The van der Waals surface area contributed by atoms with Gasteiger partial charge in [0.05, 0.1) is 16.9 Å². The zero-order chi connectivity index (χ0) is 15.3. The van der Waals surface area contributed by atoms with E-state index in [1.807, 2.05) is 6.07 Å². The molecule has 0 bridgehead atoms. The highest BCUT2D eigenvalue weighted by atomic mass is 35.5. The number of hydrogen-bond donors (Lipinski definition) is 1. The van der Waals surface area contributed by atoms with Crippen molar-refractivity contribution in [3.8, 4) is 5.75 Å². The molecule has 22 heavy (non-hydrogen) atoms. The number of rotatable bonds is 2. The van der Waals surface area contributed by atoms with Gasteiger partial charge in [0.1, 0.15) is 5.75 Å². The van der Waals surface area contributed by atoms with Crippen LogP contribution in [-0.2, 0) is 6.42 Å². The third kappa shape index (κ3) is 2.15. The zero-order valence-electron chi connectivity index (χ0n) is 11.9. The number of fused-ring (bicyclic) bond motifs is 1. The number of pyridine rings is 1. The van der Waals surface area contributed by atoms with Gasteiger partial charge in [0.25, 0.3) is 5.91 Å². The number of anilines is 1. The van der Waals surface area contributed by atoms with Gasteiger partial charge in [0.15, 0.2) is 0 Å². The molecule has 1 aliphatic heterocycles. The quantitative estimate of drug-likeness (QED) is 0.922. The summed E-state index contributed by atoms with van der Waals surface area (Å²) < 4.78 is 0. The fourth-order valence-electron chi connectivity index (χ4n) is 3.08. The highest BCUT2D eigenvalue weighted by molar-refractivity contribution is 6.32. The predicted octanol–water partition coefficient (Wildman–Crippen LogP) is 3.52. The zero-order valence-corrected chi connectivity index (χ0v) is 12.7. The number of aromatic hydroxyl groups is 1. The Kier molecular flexibility index (Phi) is 3.08. The van der Waals surface area contributed by atoms with Crippen LogP contribution in [0, 0.1) is 0 Å². The molecule has 0 radical (unpaired) electrons. The van der Waals surface area contributed by atoms with Gasteiger partial charge in [0, 0.05) is 18.3 Å². The minimum absolute atomic E-state index is 0.0294. The summed E-state index contributed by atoms with van der Waals surface area (Å²) >= 11 is 5.96. The fraction of sp³-hybridized carbons (Fsp3) is 0.294. The van der Waals surface area contributed by atoms with Crippen molar-refractivity contribution in [3.05, 3.63) is 52.3 Å². The first kappa shape index (κ1) is 13.6. The summed E-state index contributed by atoms with van der Waals surface area (Å²) in [7, 11) is 0.